The van der Waals surface area contributed by atoms with E-state index in [-0.39, 0.29) is 23.3 Å². The second-order valence-electron chi connectivity index (χ2n) is 6.48. The molecule has 0 aliphatic rings. The van der Waals surface area contributed by atoms with E-state index in [1.807, 2.05) is 0 Å². The number of ether oxygens (including phenoxy) is 1. The Kier molecular flexibility index (Phi) is 4.72. The van der Waals surface area contributed by atoms with Crippen molar-refractivity contribution in [3.05, 3.63) is 64.9 Å². The van der Waals surface area contributed by atoms with E-state index in [0.717, 1.165) is 4.90 Å². The molecule has 0 aliphatic heterocycles. The summed E-state index contributed by atoms with van der Waals surface area (Å²) in [5.74, 6) is -2.72. The first kappa shape index (κ1) is 14.5. The van der Waals surface area contributed by atoms with Gasteiger partial charge in [0.15, 0.2) is 0 Å². The van der Waals surface area contributed by atoms with Crippen LogP contribution >= 0.6 is 11.6 Å². The van der Waals surface area contributed by atoms with E-state index in [9.17, 15) is 14.4 Å². The fourth-order valence-corrected chi connectivity index (χ4v) is 2.66. The van der Waals surface area contributed by atoms with Crippen molar-refractivity contribution in [2.24, 2.45) is 0 Å². The molecule has 1 aromatic heterocycles. The van der Waals surface area contributed by atoms with Crippen molar-refractivity contribution in [2.45, 2.75) is 6.92 Å². The maximum atomic E-state index is 14.2. The molecule has 0 spiro atoms. The zero-order chi connectivity index (χ0) is 31.8. The van der Waals surface area contributed by atoms with Crippen LogP contribution in [-0.2, 0) is 4.79 Å². The number of hydrogen-bond donors (Lipinski definition) is 2. The molecule has 170 valence electrons. The Labute approximate surface area is 209 Å². The number of nitrogens with zero attached hydrogens (tertiary/aromatic N) is 3. The number of anilines is 3. The molecule has 7 nitrogen and oxygen atoms in total. The van der Waals surface area contributed by atoms with Crippen LogP contribution in [0.1, 0.15) is 24.8 Å². The summed E-state index contributed by atoms with van der Waals surface area (Å²) in [4.78, 5) is 17.9. The number of pyridine rings is 1. The molecular weight excluding hydrogens is 445 g/mol. The number of likely N-dealkylation sites (N-methyl/N-ethyl adjacent to an activating group) is 1. The first-order valence-corrected chi connectivity index (χ1v) is 9.78. The maximum Gasteiger partial charge on any atom is 0.248 e. The number of nitriles is 1. The molecule has 1 amide bonds. The first-order chi connectivity index (χ1) is 19.5. The summed E-state index contributed by atoms with van der Waals surface area (Å²) < 4.78 is 93.6. The molecule has 9 heteroatoms. The molecule has 0 fully saturated rings. The predicted octanol–water partition coefficient (Wildman–Crippen LogP) is 5.10. The van der Waals surface area contributed by atoms with Gasteiger partial charge in [-0.1, -0.05) is 17.7 Å². The molecule has 2 aromatic carbocycles. The number of fused-ring (bicyclic) bond motifs is 1. The topological polar surface area (TPSA) is 90.3 Å². The lowest BCUT2D eigenvalue weighted by Gasteiger charge is -2.16. The van der Waals surface area contributed by atoms with Crippen LogP contribution < -0.4 is 15.4 Å². The molecule has 33 heavy (non-hydrogen) atoms. The van der Waals surface area contributed by atoms with Gasteiger partial charge in [-0.25, -0.2) is 4.39 Å². The van der Waals surface area contributed by atoms with Crippen molar-refractivity contribution in [1.82, 2.24) is 9.88 Å². The Bertz CT molecular complexity index is 1670. The summed E-state index contributed by atoms with van der Waals surface area (Å²) in [6, 6.07) is -2.65. The zero-order valence-electron chi connectivity index (χ0n) is 26.7. The fourth-order valence-electron chi connectivity index (χ4n) is 2.52. The lowest BCUT2D eigenvalue weighted by Crippen LogP contribution is -2.13. The third-order valence-electron chi connectivity index (χ3n) is 3.84. The van der Waals surface area contributed by atoms with Crippen molar-refractivity contribution in [1.29, 1.82) is 5.26 Å². The van der Waals surface area contributed by atoms with Gasteiger partial charge in [0, 0.05) is 38.6 Å². The van der Waals surface area contributed by atoms with Crippen molar-refractivity contribution >= 4 is 45.5 Å². The van der Waals surface area contributed by atoms with Crippen LogP contribution in [0.3, 0.4) is 0 Å². The molecule has 3 rings (SSSR count). The first-order valence-electron chi connectivity index (χ1n) is 13.9. The SMILES string of the molecule is [2H]/C(=C\C(=O)Nc1c(OCC)c([2H])c2nc([2H])c(C#N)c(Nc3c([2H])c([2H])c(F)c(Cl)c3[2H])c2c1[2H])C([2H])([2H])N(C)C. The van der Waals surface area contributed by atoms with Gasteiger partial charge in [0.25, 0.3) is 0 Å². The second-order valence-corrected chi connectivity index (χ2v) is 6.86. The van der Waals surface area contributed by atoms with Crippen LogP contribution in [0.25, 0.3) is 10.9 Å². The standard InChI is InChI=1S/C24H23ClFN5O2/c1-4-33-22-12-20-17(11-21(22)30-23(32)6-5-9-31(2)3)24(15(13-27)14-28-20)29-16-7-8-19(26)18(25)10-16/h5-8,10-12,14H,4,9H2,1-3H3,(H,28,29)(H,30,32)/b6-5+/i5D,7D,8D,9D2,10D,11D,12D,14D. The van der Waals surface area contributed by atoms with Crippen LogP contribution in [0.2, 0.25) is 5.02 Å². The van der Waals surface area contributed by atoms with Crippen LogP contribution in [0.15, 0.2) is 48.5 Å². The zero-order valence-corrected chi connectivity index (χ0v) is 18.5. The van der Waals surface area contributed by atoms with E-state index < -0.39 is 88.3 Å². The molecule has 3 aromatic rings. The molecule has 0 radical (unpaired) electrons. The van der Waals surface area contributed by atoms with E-state index in [1.165, 1.54) is 14.1 Å². The molecule has 0 bridgehead atoms. The minimum Gasteiger partial charge on any atom is -0.492 e. The van der Waals surface area contributed by atoms with Gasteiger partial charge in [-0.3, -0.25) is 9.78 Å². The molecule has 2 N–H and O–H groups in total. The third-order valence-corrected chi connectivity index (χ3v) is 4.10. The average molecular weight is 477 g/mol. The average Bonchev–Trinajstić information content (AvgIpc) is 2.93. The molecule has 0 saturated heterocycles. The number of benzene rings is 2. The largest absolute Gasteiger partial charge is 0.492 e. The molecule has 0 atom stereocenters. The number of aromatic nitrogens is 1. The Morgan fingerprint density at radius 2 is 2.24 bits per heavy atom. The molecule has 0 aliphatic carbocycles. The summed E-state index contributed by atoms with van der Waals surface area (Å²) in [7, 11) is 2.73. The summed E-state index contributed by atoms with van der Waals surface area (Å²) in [5, 5.41) is 13.5. The van der Waals surface area contributed by atoms with Gasteiger partial charge in [-0.2, -0.15) is 5.26 Å². The monoisotopic (exact) mass is 476 g/mol. The summed E-state index contributed by atoms with van der Waals surface area (Å²) >= 11 is 5.84. The second kappa shape index (κ2) is 10.8. The number of rotatable bonds is 8. The number of hydrogen-bond acceptors (Lipinski definition) is 6. The Hall–Kier alpha value is -3.67. The third kappa shape index (κ3) is 5.98. The van der Waals surface area contributed by atoms with Gasteiger partial charge in [0.2, 0.25) is 5.91 Å². The van der Waals surface area contributed by atoms with E-state index in [2.05, 4.69) is 15.6 Å². The number of carbonyl (C=O) groups is 1. The molecule has 0 unspecified atom stereocenters. The van der Waals surface area contributed by atoms with E-state index in [1.54, 1.807) is 13.0 Å². The number of halogens is 2. The Morgan fingerprint density at radius 3 is 2.94 bits per heavy atom. The maximum absolute atomic E-state index is 14.2. The normalized spacial score (nSPS) is 15.7. The number of nitrogens with one attached hydrogen (secondary N) is 2. The quantitative estimate of drug-likeness (QED) is 0.440. The smallest absolute Gasteiger partial charge is 0.248 e. The van der Waals surface area contributed by atoms with Crippen LogP contribution in [-0.4, -0.2) is 43.0 Å². The minimum atomic E-state index is -2.32. The number of amides is 1. The van der Waals surface area contributed by atoms with E-state index in [4.69, 9.17) is 28.7 Å². The van der Waals surface area contributed by atoms with E-state index >= 15 is 0 Å². The lowest BCUT2D eigenvalue weighted by molar-refractivity contribution is -0.111. The lowest BCUT2D eigenvalue weighted by atomic mass is 10.1. The number of carbonyl (C=O) groups excluding carboxylic acids is 1. The molecule has 1 heterocycles. The molecular formula is C24H23ClFN5O2. The molecule has 0 saturated carbocycles. The summed E-state index contributed by atoms with van der Waals surface area (Å²) in [6.07, 6.45) is -0.0204. The summed E-state index contributed by atoms with van der Waals surface area (Å²) in [5.41, 5.74) is -2.21. The summed E-state index contributed by atoms with van der Waals surface area (Å²) in [6.45, 7) is -0.803. The van der Waals surface area contributed by atoms with Gasteiger partial charge < -0.3 is 20.3 Å². The Morgan fingerprint density at radius 1 is 1.45 bits per heavy atom. The fraction of sp³-hybridized carbons (Fsp3) is 0.208. The van der Waals surface area contributed by atoms with Crippen molar-refractivity contribution in [2.75, 3.05) is 37.8 Å². The van der Waals surface area contributed by atoms with Crippen molar-refractivity contribution < 1.29 is 26.3 Å². The predicted molar refractivity (Wildman–Crippen MR) is 129 cm³/mol. The van der Waals surface area contributed by atoms with Crippen LogP contribution in [0.5, 0.6) is 5.75 Å². The van der Waals surface area contributed by atoms with Gasteiger partial charge in [-0.15, -0.1) is 0 Å². The highest BCUT2D eigenvalue weighted by atomic mass is 35.5. The van der Waals surface area contributed by atoms with Crippen molar-refractivity contribution in [3.8, 4) is 11.8 Å². The van der Waals surface area contributed by atoms with Crippen LogP contribution in [0, 0.1) is 17.1 Å². The Balaban J connectivity index is 2.38. The van der Waals surface area contributed by atoms with E-state index in [0.29, 0.717) is 6.08 Å². The van der Waals surface area contributed by atoms with Crippen LogP contribution in [0.4, 0.5) is 21.5 Å². The highest BCUT2D eigenvalue weighted by molar-refractivity contribution is 6.31. The van der Waals surface area contributed by atoms with Crippen molar-refractivity contribution in [3.63, 3.8) is 0 Å². The highest BCUT2D eigenvalue weighted by Gasteiger charge is 2.15. The van der Waals surface area contributed by atoms with Gasteiger partial charge in [-0.05, 0) is 45.2 Å². The van der Waals surface area contributed by atoms with Gasteiger partial charge >= 0.3 is 0 Å². The van der Waals surface area contributed by atoms with Gasteiger partial charge in [0.1, 0.15) is 17.6 Å². The minimum absolute atomic E-state index is 0.0394. The van der Waals surface area contributed by atoms with Gasteiger partial charge in [0.05, 0.1) is 43.7 Å². The highest BCUT2D eigenvalue weighted by Crippen LogP contribution is 2.36.